The van der Waals surface area contributed by atoms with Crippen molar-refractivity contribution in [2.24, 2.45) is 0 Å². The molecule has 1 heterocycles. The predicted octanol–water partition coefficient (Wildman–Crippen LogP) is 4.33. The van der Waals surface area contributed by atoms with Crippen molar-refractivity contribution in [3.63, 3.8) is 0 Å². The van der Waals surface area contributed by atoms with Crippen molar-refractivity contribution in [1.82, 2.24) is 14.8 Å². The normalized spacial score (nSPS) is 11.4. The second-order valence-corrected chi connectivity index (χ2v) is 5.53. The molecule has 0 bridgehead atoms. The summed E-state index contributed by atoms with van der Waals surface area (Å²) in [5, 5.41) is 5.91. The molecule has 0 atom stereocenters. The van der Waals surface area contributed by atoms with Crippen molar-refractivity contribution in [3.8, 4) is 5.69 Å². The van der Waals surface area contributed by atoms with Crippen LogP contribution in [-0.4, -0.2) is 20.7 Å². The molecule has 0 unspecified atom stereocenters. The molecule has 10 heteroatoms. The molecule has 1 amide bonds. The van der Waals surface area contributed by atoms with E-state index >= 15 is 0 Å². The van der Waals surface area contributed by atoms with Gasteiger partial charge in [0, 0.05) is 0 Å². The number of nitrogens with one attached hydrogen (secondary N) is 1. The van der Waals surface area contributed by atoms with E-state index in [1.165, 1.54) is 29.5 Å². The zero-order chi connectivity index (χ0) is 18.9. The first-order valence-corrected chi connectivity index (χ1v) is 7.47. The average Bonchev–Trinajstić information content (AvgIpc) is 3.08. The van der Waals surface area contributed by atoms with E-state index in [4.69, 9.17) is 11.6 Å². The Morgan fingerprint density at radius 1 is 1.19 bits per heavy atom. The third kappa shape index (κ3) is 3.52. The Bertz CT molecular complexity index is 937. The van der Waals surface area contributed by atoms with Crippen molar-refractivity contribution in [3.05, 3.63) is 71.0 Å². The van der Waals surface area contributed by atoms with Crippen LogP contribution in [0.2, 0.25) is 5.02 Å². The number of anilines is 1. The number of hydrogen-bond acceptors (Lipinski definition) is 3. The number of aromatic nitrogens is 3. The van der Waals surface area contributed by atoms with Gasteiger partial charge >= 0.3 is 6.18 Å². The Kier molecular flexibility index (Phi) is 4.64. The zero-order valence-electron chi connectivity index (χ0n) is 12.8. The number of hydrogen-bond donors (Lipinski definition) is 1. The first-order chi connectivity index (χ1) is 12.3. The van der Waals surface area contributed by atoms with Gasteiger partial charge in [-0.15, -0.1) is 0 Å². The molecule has 134 valence electrons. The number of rotatable bonds is 3. The van der Waals surface area contributed by atoms with Gasteiger partial charge in [0.15, 0.2) is 0 Å². The SMILES string of the molecule is O=C(Nc1cc(C(F)(F)F)ccc1-n1cncn1)c1c(F)cccc1Cl. The van der Waals surface area contributed by atoms with E-state index in [0.717, 1.165) is 24.3 Å². The van der Waals surface area contributed by atoms with Crippen LogP contribution in [0.3, 0.4) is 0 Å². The van der Waals surface area contributed by atoms with Crippen LogP contribution in [0.4, 0.5) is 23.2 Å². The number of halogens is 5. The topological polar surface area (TPSA) is 59.8 Å². The second-order valence-electron chi connectivity index (χ2n) is 5.12. The summed E-state index contributed by atoms with van der Waals surface area (Å²) in [5.41, 5.74) is -1.57. The molecule has 0 saturated heterocycles. The maximum absolute atomic E-state index is 13.9. The zero-order valence-corrected chi connectivity index (χ0v) is 13.5. The van der Waals surface area contributed by atoms with Crippen molar-refractivity contribution in [1.29, 1.82) is 0 Å². The molecule has 5 nitrogen and oxygen atoms in total. The highest BCUT2D eigenvalue weighted by molar-refractivity contribution is 6.34. The first-order valence-electron chi connectivity index (χ1n) is 7.09. The summed E-state index contributed by atoms with van der Waals surface area (Å²) in [6, 6.07) is 6.30. The van der Waals surface area contributed by atoms with Gasteiger partial charge in [-0.3, -0.25) is 4.79 Å². The smallest absolute Gasteiger partial charge is 0.320 e. The summed E-state index contributed by atoms with van der Waals surface area (Å²) in [5.74, 6) is -1.89. The lowest BCUT2D eigenvalue weighted by Crippen LogP contribution is -2.17. The monoisotopic (exact) mass is 384 g/mol. The molecule has 26 heavy (non-hydrogen) atoms. The van der Waals surface area contributed by atoms with Crippen LogP contribution in [0.15, 0.2) is 49.1 Å². The lowest BCUT2D eigenvalue weighted by atomic mass is 10.1. The van der Waals surface area contributed by atoms with E-state index in [2.05, 4.69) is 15.4 Å². The third-order valence-electron chi connectivity index (χ3n) is 3.43. The molecule has 3 aromatic rings. The van der Waals surface area contributed by atoms with Gasteiger partial charge in [0.1, 0.15) is 18.5 Å². The quantitative estimate of drug-likeness (QED) is 0.684. The Morgan fingerprint density at radius 2 is 1.96 bits per heavy atom. The Morgan fingerprint density at radius 3 is 2.58 bits per heavy atom. The van der Waals surface area contributed by atoms with E-state index < -0.39 is 29.0 Å². The maximum Gasteiger partial charge on any atom is 0.416 e. The van der Waals surface area contributed by atoms with Crippen molar-refractivity contribution < 1.29 is 22.4 Å². The number of amides is 1. The predicted molar refractivity (Wildman–Crippen MR) is 85.7 cm³/mol. The van der Waals surface area contributed by atoms with E-state index in [-0.39, 0.29) is 16.4 Å². The fraction of sp³-hybridized carbons (Fsp3) is 0.0625. The highest BCUT2D eigenvalue weighted by Gasteiger charge is 2.31. The Balaban J connectivity index is 2.06. The van der Waals surface area contributed by atoms with Crippen LogP contribution in [0.25, 0.3) is 5.69 Å². The molecule has 0 saturated carbocycles. The molecule has 0 aliphatic rings. The summed E-state index contributed by atoms with van der Waals surface area (Å²) in [7, 11) is 0. The Labute approximate surface area is 149 Å². The molecule has 0 aliphatic carbocycles. The molecule has 3 rings (SSSR count). The summed E-state index contributed by atoms with van der Waals surface area (Å²) in [6.45, 7) is 0. The fourth-order valence-corrected chi connectivity index (χ4v) is 2.49. The van der Waals surface area contributed by atoms with E-state index in [9.17, 15) is 22.4 Å². The second kappa shape index (κ2) is 6.75. The van der Waals surface area contributed by atoms with Gasteiger partial charge in [0.2, 0.25) is 0 Å². The highest BCUT2D eigenvalue weighted by Crippen LogP contribution is 2.33. The number of carbonyl (C=O) groups is 1. The fourth-order valence-electron chi connectivity index (χ4n) is 2.24. The van der Waals surface area contributed by atoms with Gasteiger partial charge in [-0.05, 0) is 30.3 Å². The van der Waals surface area contributed by atoms with Crippen LogP contribution < -0.4 is 5.32 Å². The molecular formula is C16H9ClF4N4O. The number of alkyl halides is 3. The van der Waals surface area contributed by atoms with Crippen LogP contribution in [0.5, 0.6) is 0 Å². The first kappa shape index (κ1) is 17.9. The van der Waals surface area contributed by atoms with E-state index in [1.54, 1.807) is 0 Å². The van der Waals surface area contributed by atoms with Crippen molar-refractivity contribution in [2.75, 3.05) is 5.32 Å². The van der Waals surface area contributed by atoms with Crippen LogP contribution in [0, 0.1) is 5.82 Å². The minimum atomic E-state index is -4.63. The molecule has 0 radical (unpaired) electrons. The van der Waals surface area contributed by atoms with Crippen LogP contribution in [0.1, 0.15) is 15.9 Å². The number of nitrogens with zero attached hydrogens (tertiary/aromatic N) is 3. The summed E-state index contributed by atoms with van der Waals surface area (Å²) in [6.07, 6.45) is -2.21. The summed E-state index contributed by atoms with van der Waals surface area (Å²) >= 11 is 5.83. The number of benzene rings is 2. The van der Waals surface area contributed by atoms with Crippen molar-refractivity contribution in [2.45, 2.75) is 6.18 Å². The maximum atomic E-state index is 13.9. The van der Waals surface area contributed by atoms with Crippen molar-refractivity contribution >= 4 is 23.2 Å². The van der Waals surface area contributed by atoms with E-state index in [0.29, 0.717) is 0 Å². The van der Waals surface area contributed by atoms with Crippen LogP contribution >= 0.6 is 11.6 Å². The minimum Gasteiger partial charge on any atom is -0.320 e. The van der Waals surface area contributed by atoms with Gasteiger partial charge in [-0.2, -0.15) is 18.3 Å². The molecule has 0 fully saturated rings. The molecule has 1 N–H and O–H groups in total. The van der Waals surface area contributed by atoms with Gasteiger partial charge in [0.25, 0.3) is 5.91 Å². The largest absolute Gasteiger partial charge is 0.416 e. The average molecular weight is 385 g/mol. The highest BCUT2D eigenvalue weighted by atomic mass is 35.5. The molecule has 0 aliphatic heterocycles. The summed E-state index contributed by atoms with van der Waals surface area (Å²) in [4.78, 5) is 16.1. The lowest BCUT2D eigenvalue weighted by Gasteiger charge is -2.15. The minimum absolute atomic E-state index is 0.122. The molecule has 1 aromatic heterocycles. The standard InChI is InChI=1S/C16H9ClF4N4O/c17-10-2-1-3-11(18)14(10)15(26)24-12-6-9(16(19,20)21)4-5-13(12)25-8-22-7-23-25/h1-8H,(H,24,26). The van der Waals surface area contributed by atoms with Gasteiger partial charge in [-0.1, -0.05) is 17.7 Å². The van der Waals surface area contributed by atoms with Crippen LogP contribution in [-0.2, 0) is 6.18 Å². The van der Waals surface area contributed by atoms with Gasteiger partial charge in [0.05, 0.1) is 27.5 Å². The summed E-state index contributed by atoms with van der Waals surface area (Å²) < 4.78 is 54.1. The molecule has 2 aromatic carbocycles. The lowest BCUT2D eigenvalue weighted by molar-refractivity contribution is -0.137. The Hall–Kier alpha value is -2.94. The van der Waals surface area contributed by atoms with Gasteiger partial charge < -0.3 is 5.32 Å². The van der Waals surface area contributed by atoms with E-state index in [1.807, 2.05) is 0 Å². The third-order valence-corrected chi connectivity index (χ3v) is 3.74. The van der Waals surface area contributed by atoms with Gasteiger partial charge in [-0.25, -0.2) is 14.1 Å². The molecule has 0 spiro atoms. The molecular weight excluding hydrogens is 376 g/mol. The number of carbonyl (C=O) groups excluding carboxylic acids is 1.